The van der Waals surface area contributed by atoms with Gasteiger partial charge in [0.15, 0.2) is 0 Å². The van der Waals surface area contributed by atoms with Crippen LogP contribution in [-0.2, 0) is 4.79 Å². The van der Waals surface area contributed by atoms with Crippen molar-refractivity contribution in [2.45, 2.75) is 99.0 Å². The van der Waals surface area contributed by atoms with Crippen LogP contribution in [0.25, 0.3) is 0 Å². The first-order chi connectivity index (χ1) is 14.1. The molecule has 0 heterocycles. The predicted molar refractivity (Wildman–Crippen MR) is 124 cm³/mol. The van der Waals surface area contributed by atoms with Crippen LogP contribution in [-0.4, -0.2) is 17.0 Å². The van der Waals surface area contributed by atoms with Crippen molar-refractivity contribution in [3.63, 3.8) is 0 Å². The van der Waals surface area contributed by atoms with E-state index in [1.165, 1.54) is 25.7 Å². The largest absolute Gasteiger partial charge is 0.393 e. The predicted octanol–water partition coefficient (Wildman–Crippen LogP) is 6.67. The number of carbonyl (C=O) groups is 1. The van der Waals surface area contributed by atoms with Gasteiger partial charge in [0.1, 0.15) is 5.78 Å². The standard InChI is InChI=1S/C28H46O2/c1-17(2)18(3)7-8-19(4)22-9-10-23-21-16-26(30)25-15-20(29)11-13-28(25,6)24(21)12-14-27(22,23)5/h7-8,17-25,29H,9-16H2,1-6H3/b8-7+/t18-,19+,20-,21-,22+,23-,24-,25+,27+,28+/m0/s1. The Morgan fingerprint density at radius 3 is 2.30 bits per heavy atom. The molecule has 0 aromatic rings. The molecule has 2 nitrogen and oxygen atoms in total. The summed E-state index contributed by atoms with van der Waals surface area (Å²) in [5.74, 6) is 5.31. The highest BCUT2D eigenvalue weighted by atomic mass is 16.3. The summed E-state index contributed by atoms with van der Waals surface area (Å²) in [7, 11) is 0. The Balaban J connectivity index is 1.54. The molecule has 30 heavy (non-hydrogen) atoms. The Labute approximate surface area is 185 Å². The fourth-order valence-electron chi connectivity index (χ4n) is 8.63. The van der Waals surface area contributed by atoms with Gasteiger partial charge in [-0.15, -0.1) is 0 Å². The number of aliphatic hydroxyl groups is 1. The van der Waals surface area contributed by atoms with Gasteiger partial charge in [0.25, 0.3) is 0 Å². The minimum atomic E-state index is -0.255. The van der Waals surface area contributed by atoms with Gasteiger partial charge >= 0.3 is 0 Å². The highest BCUT2D eigenvalue weighted by molar-refractivity contribution is 5.83. The molecular formula is C28H46O2. The number of Topliss-reactive ketones (excluding diaryl/α,β-unsaturated/α-hetero) is 1. The van der Waals surface area contributed by atoms with Crippen molar-refractivity contribution in [3.8, 4) is 0 Å². The Morgan fingerprint density at radius 2 is 1.60 bits per heavy atom. The number of aliphatic hydroxyl groups excluding tert-OH is 1. The highest BCUT2D eigenvalue weighted by Gasteiger charge is 2.62. The summed E-state index contributed by atoms with van der Waals surface area (Å²) in [4.78, 5) is 13.3. The van der Waals surface area contributed by atoms with Crippen molar-refractivity contribution in [1.82, 2.24) is 0 Å². The second-order valence-electron chi connectivity index (χ2n) is 12.6. The lowest BCUT2D eigenvalue weighted by Crippen LogP contribution is -2.57. The van der Waals surface area contributed by atoms with Gasteiger partial charge < -0.3 is 5.11 Å². The number of fused-ring (bicyclic) bond motifs is 5. The summed E-state index contributed by atoms with van der Waals surface area (Å²) < 4.78 is 0. The first-order valence-electron chi connectivity index (χ1n) is 13.0. The third-order valence-electron chi connectivity index (χ3n) is 10.9. The number of hydrogen-bond donors (Lipinski definition) is 1. The lowest BCUT2D eigenvalue weighted by molar-refractivity contribution is -0.159. The summed E-state index contributed by atoms with van der Waals surface area (Å²) in [6.45, 7) is 14.4. The van der Waals surface area contributed by atoms with Crippen LogP contribution in [0.2, 0.25) is 0 Å². The topological polar surface area (TPSA) is 37.3 Å². The summed E-state index contributed by atoms with van der Waals surface area (Å²) in [6, 6.07) is 0. The van der Waals surface area contributed by atoms with E-state index in [4.69, 9.17) is 0 Å². The van der Waals surface area contributed by atoms with E-state index in [1.54, 1.807) is 0 Å². The molecule has 4 saturated carbocycles. The Bertz CT molecular complexity index is 680. The van der Waals surface area contributed by atoms with Crippen LogP contribution in [0.3, 0.4) is 0 Å². The van der Waals surface area contributed by atoms with Crippen LogP contribution >= 0.6 is 0 Å². The zero-order valence-corrected chi connectivity index (χ0v) is 20.4. The van der Waals surface area contributed by atoms with E-state index in [-0.39, 0.29) is 17.4 Å². The number of allylic oxidation sites excluding steroid dienone is 2. The maximum Gasteiger partial charge on any atom is 0.136 e. The maximum atomic E-state index is 13.3. The minimum absolute atomic E-state index is 0.114. The van der Waals surface area contributed by atoms with Gasteiger partial charge in [-0.1, -0.05) is 53.7 Å². The molecule has 2 heteroatoms. The van der Waals surface area contributed by atoms with Crippen molar-refractivity contribution in [2.75, 3.05) is 0 Å². The SMILES string of the molecule is CC(C)[C@@H](C)/C=C/[C@@H](C)[C@H]1CC[C@H]2[C@@H]3CC(=O)[C@H]4C[C@@H](O)CC[C@]4(C)[C@H]3CC[C@]12C. The second-order valence-corrected chi connectivity index (χ2v) is 12.6. The average Bonchev–Trinajstić information content (AvgIpc) is 3.04. The van der Waals surface area contributed by atoms with Crippen molar-refractivity contribution in [3.05, 3.63) is 12.2 Å². The number of rotatable bonds is 4. The number of ketones is 1. The average molecular weight is 415 g/mol. The molecular weight excluding hydrogens is 368 g/mol. The lowest BCUT2D eigenvalue weighted by atomic mass is 9.44. The summed E-state index contributed by atoms with van der Waals surface area (Å²) >= 11 is 0. The molecule has 4 rings (SSSR count). The van der Waals surface area contributed by atoms with E-state index in [0.29, 0.717) is 46.7 Å². The van der Waals surface area contributed by atoms with Gasteiger partial charge in [-0.25, -0.2) is 0 Å². The molecule has 4 aliphatic carbocycles. The third-order valence-corrected chi connectivity index (χ3v) is 10.9. The van der Waals surface area contributed by atoms with Gasteiger partial charge in [-0.3, -0.25) is 4.79 Å². The summed E-state index contributed by atoms with van der Waals surface area (Å²) in [5.41, 5.74) is 0.528. The van der Waals surface area contributed by atoms with E-state index >= 15 is 0 Å². The molecule has 0 aliphatic heterocycles. The molecule has 0 unspecified atom stereocenters. The molecule has 0 radical (unpaired) electrons. The lowest BCUT2D eigenvalue weighted by Gasteiger charge is -2.60. The molecule has 1 N–H and O–H groups in total. The minimum Gasteiger partial charge on any atom is -0.393 e. The Kier molecular flexibility index (Phi) is 6.06. The molecule has 170 valence electrons. The van der Waals surface area contributed by atoms with Crippen molar-refractivity contribution < 1.29 is 9.90 Å². The normalized spacial score (nSPS) is 48.3. The van der Waals surface area contributed by atoms with Crippen LogP contribution in [0.1, 0.15) is 92.9 Å². The monoisotopic (exact) mass is 414 g/mol. The second kappa shape index (κ2) is 8.05. The van der Waals surface area contributed by atoms with Gasteiger partial charge in [0, 0.05) is 12.3 Å². The summed E-state index contributed by atoms with van der Waals surface area (Å²) in [6.07, 6.45) is 13.4. The number of carbonyl (C=O) groups excluding carboxylic acids is 1. The van der Waals surface area contributed by atoms with Crippen molar-refractivity contribution in [2.24, 2.45) is 58.2 Å². The number of hydrogen-bond acceptors (Lipinski definition) is 2. The molecule has 0 bridgehead atoms. The molecule has 0 aromatic heterocycles. The molecule has 10 atom stereocenters. The molecule has 0 aromatic carbocycles. The Morgan fingerprint density at radius 1 is 0.933 bits per heavy atom. The van der Waals surface area contributed by atoms with Crippen LogP contribution in [0.5, 0.6) is 0 Å². The molecule has 0 saturated heterocycles. The maximum absolute atomic E-state index is 13.3. The van der Waals surface area contributed by atoms with Crippen LogP contribution < -0.4 is 0 Å². The third kappa shape index (κ3) is 3.54. The van der Waals surface area contributed by atoms with E-state index in [0.717, 1.165) is 31.6 Å². The zero-order chi connectivity index (χ0) is 21.8. The zero-order valence-electron chi connectivity index (χ0n) is 20.4. The van der Waals surface area contributed by atoms with Gasteiger partial charge in [-0.2, -0.15) is 0 Å². The van der Waals surface area contributed by atoms with Crippen LogP contribution in [0.4, 0.5) is 0 Å². The van der Waals surface area contributed by atoms with E-state index in [1.807, 2.05) is 0 Å². The van der Waals surface area contributed by atoms with Gasteiger partial charge in [-0.05, 0) is 97.2 Å². The Hall–Kier alpha value is -0.630. The fourth-order valence-corrected chi connectivity index (χ4v) is 8.63. The fraction of sp³-hybridized carbons (Fsp3) is 0.893. The molecule has 0 spiro atoms. The molecule has 4 fully saturated rings. The van der Waals surface area contributed by atoms with Gasteiger partial charge in [0.2, 0.25) is 0 Å². The smallest absolute Gasteiger partial charge is 0.136 e. The van der Waals surface area contributed by atoms with Crippen molar-refractivity contribution in [1.29, 1.82) is 0 Å². The molecule has 4 aliphatic rings. The first kappa shape index (κ1) is 22.6. The quantitative estimate of drug-likeness (QED) is 0.522. The highest BCUT2D eigenvalue weighted by Crippen LogP contribution is 2.67. The van der Waals surface area contributed by atoms with Gasteiger partial charge in [0.05, 0.1) is 6.10 Å². The van der Waals surface area contributed by atoms with E-state index < -0.39 is 0 Å². The van der Waals surface area contributed by atoms with Crippen LogP contribution in [0, 0.1) is 58.2 Å². The summed E-state index contributed by atoms with van der Waals surface area (Å²) in [5, 5.41) is 10.2. The van der Waals surface area contributed by atoms with Crippen molar-refractivity contribution >= 4 is 5.78 Å². The van der Waals surface area contributed by atoms with Crippen LogP contribution in [0.15, 0.2) is 12.2 Å². The molecule has 0 amide bonds. The van der Waals surface area contributed by atoms with E-state index in [2.05, 4.69) is 53.7 Å². The van der Waals surface area contributed by atoms with E-state index in [9.17, 15) is 9.90 Å². The first-order valence-corrected chi connectivity index (χ1v) is 13.0.